The Hall–Kier alpha value is -0.640. The lowest BCUT2D eigenvalue weighted by molar-refractivity contribution is -0.110. The fourth-order valence-corrected chi connectivity index (χ4v) is 5.73. The molecule has 6 atom stereocenters. The number of hydrogen-bond donors (Lipinski definition) is 3. The molecule has 0 bridgehead atoms. The lowest BCUT2D eigenvalue weighted by atomic mass is 9.46. The molecule has 130 valence electrons. The van der Waals surface area contributed by atoms with Crippen molar-refractivity contribution in [2.75, 3.05) is 0 Å². The Morgan fingerprint density at radius 2 is 1.74 bits per heavy atom. The van der Waals surface area contributed by atoms with Gasteiger partial charge in [0.05, 0.1) is 18.3 Å². The van der Waals surface area contributed by atoms with Crippen LogP contribution in [0, 0.1) is 22.2 Å². The van der Waals surface area contributed by atoms with E-state index >= 15 is 0 Å². The minimum Gasteiger partial charge on any atom is -0.392 e. The zero-order chi connectivity index (χ0) is 17.2. The maximum atomic E-state index is 10.9. The smallest absolute Gasteiger partial charge is 0.0865 e. The summed E-state index contributed by atoms with van der Waals surface area (Å²) < 4.78 is 0. The van der Waals surface area contributed by atoms with Gasteiger partial charge in [0.2, 0.25) is 0 Å². The van der Waals surface area contributed by atoms with Crippen molar-refractivity contribution in [1.29, 1.82) is 0 Å². The van der Waals surface area contributed by atoms with E-state index in [1.54, 1.807) is 0 Å². The van der Waals surface area contributed by atoms with Crippen molar-refractivity contribution in [3.05, 3.63) is 23.8 Å². The molecule has 0 heterocycles. The van der Waals surface area contributed by atoms with Gasteiger partial charge in [0.1, 0.15) is 0 Å². The minimum absolute atomic E-state index is 0.0949. The van der Waals surface area contributed by atoms with E-state index in [0.717, 1.165) is 36.8 Å². The molecule has 0 aliphatic heterocycles. The van der Waals surface area contributed by atoms with Crippen LogP contribution in [0.4, 0.5) is 0 Å². The van der Waals surface area contributed by atoms with Gasteiger partial charge >= 0.3 is 0 Å². The van der Waals surface area contributed by atoms with E-state index in [0.29, 0.717) is 6.42 Å². The average Bonchev–Trinajstić information content (AvgIpc) is 2.49. The van der Waals surface area contributed by atoms with E-state index in [1.165, 1.54) is 0 Å². The summed E-state index contributed by atoms with van der Waals surface area (Å²) in [6, 6.07) is 0. The van der Waals surface area contributed by atoms with Gasteiger partial charge in [0.15, 0.2) is 0 Å². The molecular weight excluding hydrogens is 288 g/mol. The molecule has 3 aliphatic rings. The number of fused-ring (bicyclic) bond motifs is 2. The van der Waals surface area contributed by atoms with Gasteiger partial charge in [-0.15, -0.1) is 6.58 Å². The van der Waals surface area contributed by atoms with Crippen molar-refractivity contribution in [3.63, 3.8) is 0 Å². The zero-order valence-corrected chi connectivity index (χ0v) is 15.0. The van der Waals surface area contributed by atoms with Crippen LogP contribution in [-0.4, -0.2) is 33.6 Å². The first-order valence-electron chi connectivity index (χ1n) is 8.99. The Morgan fingerprint density at radius 3 is 2.35 bits per heavy atom. The summed E-state index contributed by atoms with van der Waals surface area (Å²) >= 11 is 0. The number of rotatable bonds is 1. The van der Waals surface area contributed by atoms with E-state index in [1.807, 2.05) is 13.0 Å². The van der Waals surface area contributed by atoms with E-state index in [9.17, 15) is 15.3 Å². The lowest BCUT2D eigenvalue weighted by Crippen LogP contribution is -2.58. The third kappa shape index (κ3) is 2.20. The minimum atomic E-state index is -0.700. The Balaban J connectivity index is 2.15. The van der Waals surface area contributed by atoms with Crippen LogP contribution in [0.15, 0.2) is 23.8 Å². The SMILES string of the molecule is C=C[C@@]1(C)CCC2=C([C@H]1O)[C@@H](O)C[C@@H]1C(C)(C)CC[C@@H](O)[C@@]21C. The highest BCUT2D eigenvalue weighted by molar-refractivity contribution is 5.39. The third-order valence-electron chi connectivity index (χ3n) is 7.54. The van der Waals surface area contributed by atoms with Gasteiger partial charge in [-0.25, -0.2) is 0 Å². The van der Waals surface area contributed by atoms with E-state index in [4.69, 9.17) is 0 Å². The molecule has 0 saturated heterocycles. The first-order valence-corrected chi connectivity index (χ1v) is 8.99. The summed E-state index contributed by atoms with van der Waals surface area (Å²) in [7, 11) is 0. The molecule has 0 radical (unpaired) electrons. The molecule has 0 unspecified atom stereocenters. The molecule has 0 amide bonds. The summed E-state index contributed by atoms with van der Waals surface area (Å²) in [5, 5.41) is 32.7. The van der Waals surface area contributed by atoms with Crippen LogP contribution in [0.2, 0.25) is 0 Å². The van der Waals surface area contributed by atoms with Crippen LogP contribution in [0.5, 0.6) is 0 Å². The van der Waals surface area contributed by atoms with Crippen molar-refractivity contribution in [2.45, 2.75) is 78.1 Å². The van der Waals surface area contributed by atoms with Gasteiger partial charge in [0, 0.05) is 10.8 Å². The molecule has 1 fully saturated rings. The molecule has 3 rings (SSSR count). The van der Waals surface area contributed by atoms with Crippen LogP contribution in [-0.2, 0) is 0 Å². The summed E-state index contributed by atoms with van der Waals surface area (Å²) in [5.74, 6) is 0.243. The molecule has 3 N–H and O–H groups in total. The summed E-state index contributed by atoms with van der Waals surface area (Å²) in [6.07, 6.45) is 4.17. The van der Waals surface area contributed by atoms with Gasteiger partial charge < -0.3 is 15.3 Å². The maximum absolute atomic E-state index is 10.9. The quantitative estimate of drug-likeness (QED) is 0.650. The summed E-state index contributed by atoms with van der Waals surface area (Å²) in [5.41, 5.74) is 1.26. The Morgan fingerprint density at radius 1 is 1.09 bits per heavy atom. The molecule has 0 aromatic heterocycles. The number of hydrogen-bond acceptors (Lipinski definition) is 3. The van der Waals surface area contributed by atoms with Gasteiger partial charge in [-0.05, 0) is 49.0 Å². The number of aliphatic hydroxyl groups excluding tert-OH is 3. The topological polar surface area (TPSA) is 60.7 Å². The molecule has 3 nitrogen and oxygen atoms in total. The highest BCUT2D eigenvalue weighted by Crippen LogP contribution is 2.62. The van der Waals surface area contributed by atoms with Crippen molar-refractivity contribution in [1.82, 2.24) is 0 Å². The molecule has 0 aromatic rings. The van der Waals surface area contributed by atoms with Crippen LogP contribution in [0.1, 0.15) is 59.8 Å². The second kappa shape index (κ2) is 5.18. The predicted octanol–water partition coefficient (Wildman–Crippen LogP) is 3.20. The zero-order valence-electron chi connectivity index (χ0n) is 15.0. The second-order valence-corrected chi connectivity index (χ2v) is 9.18. The number of aliphatic hydroxyl groups is 3. The van der Waals surface area contributed by atoms with Crippen LogP contribution < -0.4 is 0 Å². The highest BCUT2D eigenvalue weighted by atomic mass is 16.3. The van der Waals surface area contributed by atoms with Gasteiger partial charge in [-0.3, -0.25) is 0 Å². The molecule has 3 heteroatoms. The van der Waals surface area contributed by atoms with Gasteiger partial charge in [-0.1, -0.05) is 39.3 Å². The molecule has 3 aliphatic carbocycles. The average molecular weight is 320 g/mol. The molecular formula is C20H32O3. The fourth-order valence-electron chi connectivity index (χ4n) is 5.73. The molecule has 0 aromatic carbocycles. The Labute approximate surface area is 140 Å². The van der Waals surface area contributed by atoms with E-state index in [2.05, 4.69) is 27.4 Å². The largest absolute Gasteiger partial charge is 0.392 e. The Kier molecular flexibility index (Phi) is 3.87. The maximum Gasteiger partial charge on any atom is 0.0865 e. The first-order chi connectivity index (χ1) is 10.6. The van der Waals surface area contributed by atoms with E-state index < -0.39 is 23.7 Å². The normalized spacial score (nSPS) is 49.3. The van der Waals surface area contributed by atoms with Crippen LogP contribution >= 0.6 is 0 Å². The fraction of sp³-hybridized carbons (Fsp3) is 0.800. The van der Waals surface area contributed by atoms with Crippen LogP contribution in [0.3, 0.4) is 0 Å². The van der Waals surface area contributed by atoms with Gasteiger partial charge in [0.25, 0.3) is 0 Å². The van der Waals surface area contributed by atoms with Crippen molar-refractivity contribution < 1.29 is 15.3 Å². The molecule has 23 heavy (non-hydrogen) atoms. The summed E-state index contributed by atoms with van der Waals surface area (Å²) in [4.78, 5) is 0. The lowest BCUT2D eigenvalue weighted by Gasteiger charge is -2.60. The van der Waals surface area contributed by atoms with Crippen molar-refractivity contribution in [3.8, 4) is 0 Å². The van der Waals surface area contributed by atoms with Gasteiger partial charge in [-0.2, -0.15) is 0 Å². The first kappa shape index (κ1) is 17.2. The summed E-state index contributed by atoms with van der Waals surface area (Å²) in [6.45, 7) is 12.6. The monoisotopic (exact) mass is 320 g/mol. The highest BCUT2D eigenvalue weighted by Gasteiger charge is 2.59. The van der Waals surface area contributed by atoms with Crippen LogP contribution in [0.25, 0.3) is 0 Å². The third-order valence-corrected chi connectivity index (χ3v) is 7.54. The predicted molar refractivity (Wildman–Crippen MR) is 91.8 cm³/mol. The van der Waals surface area contributed by atoms with E-state index in [-0.39, 0.29) is 16.7 Å². The second-order valence-electron chi connectivity index (χ2n) is 9.18. The Bertz CT molecular complexity index is 549. The van der Waals surface area contributed by atoms with Crippen molar-refractivity contribution in [2.24, 2.45) is 22.2 Å². The standard InChI is InChI=1S/C20H32O3/c1-6-19(4)10-7-12-16(17(19)23)13(21)11-14-18(2,3)9-8-15(22)20(12,14)5/h6,13-15,17,21-23H,1,7-11H2,2-5H3/t13-,14+,15+,17+,19-,20-/m0/s1. The molecule has 1 saturated carbocycles. The molecule has 0 spiro atoms. The van der Waals surface area contributed by atoms with Crippen molar-refractivity contribution >= 4 is 0 Å².